The van der Waals surface area contributed by atoms with Gasteiger partial charge in [-0.3, -0.25) is 4.79 Å². The van der Waals surface area contributed by atoms with Gasteiger partial charge >= 0.3 is 0 Å². The number of ether oxygens (including phenoxy) is 1. The van der Waals surface area contributed by atoms with E-state index in [9.17, 15) is 4.79 Å². The first kappa shape index (κ1) is 13.9. The van der Waals surface area contributed by atoms with Crippen molar-refractivity contribution in [3.8, 4) is 0 Å². The molecule has 0 amide bonds. The molecular formula is C14H21NO2. The van der Waals surface area contributed by atoms with E-state index in [1.165, 1.54) is 5.56 Å². The summed E-state index contributed by atoms with van der Waals surface area (Å²) in [7, 11) is 0. The average molecular weight is 235 g/mol. The van der Waals surface area contributed by atoms with Crippen LogP contribution in [0.15, 0.2) is 30.3 Å². The van der Waals surface area contributed by atoms with Crippen LogP contribution in [0.5, 0.6) is 0 Å². The van der Waals surface area contributed by atoms with E-state index >= 15 is 0 Å². The van der Waals surface area contributed by atoms with Crippen LogP contribution in [0, 0.1) is 0 Å². The first-order valence-electron chi connectivity index (χ1n) is 6.06. The van der Waals surface area contributed by atoms with Crippen molar-refractivity contribution in [1.29, 1.82) is 0 Å². The second kappa shape index (κ2) is 7.98. The molecule has 94 valence electrons. The summed E-state index contributed by atoms with van der Waals surface area (Å²) in [6.07, 6.45) is 0.649. The van der Waals surface area contributed by atoms with Crippen molar-refractivity contribution in [1.82, 2.24) is 5.32 Å². The zero-order valence-corrected chi connectivity index (χ0v) is 10.6. The molecule has 0 aliphatic rings. The van der Waals surface area contributed by atoms with Crippen LogP contribution >= 0.6 is 0 Å². The minimum absolute atomic E-state index is 0.122. The topological polar surface area (TPSA) is 38.3 Å². The van der Waals surface area contributed by atoms with E-state index < -0.39 is 0 Å². The summed E-state index contributed by atoms with van der Waals surface area (Å²) in [4.78, 5) is 11.4. The molecule has 0 bridgehead atoms. The maximum Gasteiger partial charge on any atom is 0.159 e. The lowest BCUT2D eigenvalue weighted by molar-refractivity contribution is -0.124. The number of hydrogen-bond acceptors (Lipinski definition) is 3. The van der Waals surface area contributed by atoms with E-state index in [-0.39, 0.29) is 18.5 Å². The molecule has 0 fully saturated rings. The Bertz CT molecular complexity index is 322. The normalized spacial score (nSPS) is 10.8. The molecule has 3 heteroatoms. The number of nitrogens with one attached hydrogen (secondary N) is 1. The molecule has 0 unspecified atom stereocenters. The molecule has 1 aromatic rings. The number of benzene rings is 1. The predicted octanol–water partition coefficient (Wildman–Crippen LogP) is 2.16. The maximum atomic E-state index is 11.4. The van der Waals surface area contributed by atoms with Gasteiger partial charge in [-0.05, 0) is 19.4 Å². The van der Waals surface area contributed by atoms with Gasteiger partial charge in [0, 0.05) is 19.5 Å². The summed E-state index contributed by atoms with van der Waals surface area (Å²) in [6.45, 7) is 5.60. The van der Waals surface area contributed by atoms with E-state index in [0.29, 0.717) is 13.0 Å². The van der Waals surface area contributed by atoms with Crippen LogP contribution in [-0.4, -0.2) is 25.0 Å². The van der Waals surface area contributed by atoms with E-state index in [4.69, 9.17) is 4.74 Å². The minimum Gasteiger partial charge on any atom is -0.371 e. The van der Waals surface area contributed by atoms with E-state index in [1.54, 1.807) is 0 Å². The number of carbonyl (C=O) groups is 1. The lowest BCUT2D eigenvalue weighted by Crippen LogP contribution is -2.21. The first-order chi connectivity index (χ1) is 8.18. The Hall–Kier alpha value is -1.19. The number of carbonyl (C=O) groups excluding carboxylic acids is 1. The average Bonchev–Trinajstić information content (AvgIpc) is 2.33. The van der Waals surface area contributed by atoms with Crippen LogP contribution in [0.4, 0.5) is 0 Å². The van der Waals surface area contributed by atoms with Crippen LogP contribution in [0.1, 0.15) is 25.8 Å². The van der Waals surface area contributed by atoms with Gasteiger partial charge in [0.15, 0.2) is 5.78 Å². The number of Topliss-reactive ketones (excluding diaryl/α,β-unsaturated/α-hetero) is 1. The molecule has 3 nitrogen and oxygen atoms in total. The third kappa shape index (κ3) is 6.87. The van der Waals surface area contributed by atoms with Gasteiger partial charge in [0.25, 0.3) is 0 Å². The van der Waals surface area contributed by atoms with E-state index in [1.807, 2.05) is 32.0 Å². The standard InChI is InChI=1S/C14H21NO2/c1-12(2)17-11-14(16)8-9-15-10-13-6-4-3-5-7-13/h3-7,12,15H,8-11H2,1-2H3. The van der Waals surface area contributed by atoms with E-state index in [2.05, 4.69) is 17.4 Å². The number of ketones is 1. The van der Waals surface area contributed by atoms with Gasteiger partial charge in [-0.15, -0.1) is 0 Å². The van der Waals surface area contributed by atoms with Crippen molar-refractivity contribution in [3.05, 3.63) is 35.9 Å². The second-order valence-electron chi connectivity index (χ2n) is 4.31. The summed E-state index contributed by atoms with van der Waals surface area (Å²) < 4.78 is 5.24. The maximum absolute atomic E-state index is 11.4. The zero-order valence-electron chi connectivity index (χ0n) is 10.6. The molecule has 0 spiro atoms. The lowest BCUT2D eigenvalue weighted by Gasteiger charge is -2.07. The largest absolute Gasteiger partial charge is 0.371 e. The van der Waals surface area contributed by atoms with Crippen molar-refractivity contribution in [2.75, 3.05) is 13.2 Å². The highest BCUT2D eigenvalue weighted by Gasteiger charge is 2.03. The summed E-state index contributed by atoms with van der Waals surface area (Å²) >= 11 is 0. The predicted molar refractivity (Wildman–Crippen MR) is 68.9 cm³/mol. The Kier molecular flexibility index (Phi) is 6.51. The molecule has 17 heavy (non-hydrogen) atoms. The molecule has 0 atom stereocenters. The molecule has 0 aliphatic carbocycles. The summed E-state index contributed by atoms with van der Waals surface area (Å²) in [5, 5.41) is 3.24. The molecule has 0 aromatic heterocycles. The van der Waals surface area contributed by atoms with Crippen molar-refractivity contribution in [2.24, 2.45) is 0 Å². The third-order valence-electron chi connectivity index (χ3n) is 2.33. The first-order valence-corrected chi connectivity index (χ1v) is 6.06. The highest BCUT2D eigenvalue weighted by molar-refractivity contribution is 5.79. The molecular weight excluding hydrogens is 214 g/mol. The van der Waals surface area contributed by atoms with Gasteiger partial charge in [-0.25, -0.2) is 0 Å². The van der Waals surface area contributed by atoms with E-state index in [0.717, 1.165) is 6.54 Å². The van der Waals surface area contributed by atoms with Crippen molar-refractivity contribution >= 4 is 5.78 Å². The molecule has 1 rings (SSSR count). The molecule has 0 aliphatic heterocycles. The van der Waals surface area contributed by atoms with Gasteiger partial charge in [0.2, 0.25) is 0 Å². The van der Waals surface area contributed by atoms with Crippen molar-refractivity contribution in [2.45, 2.75) is 32.9 Å². The number of hydrogen-bond donors (Lipinski definition) is 1. The quantitative estimate of drug-likeness (QED) is 0.702. The molecule has 1 aromatic carbocycles. The molecule has 0 radical (unpaired) electrons. The molecule has 0 heterocycles. The highest BCUT2D eigenvalue weighted by Crippen LogP contribution is 1.97. The Labute approximate surface area is 103 Å². The van der Waals surface area contributed by atoms with Gasteiger partial charge in [-0.1, -0.05) is 30.3 Å². The lowest BCUT2D eigenvalue weighted by atomic mass is 10.2. The Morgan fingerprint density at radius 3 is 2.65 bits per heavy atom. The van der Waals surface area contributed by atoms with Gasteiger partial charge in [0.05, 0.1) is 6.10 Å². The Morgan fingerprint density at radius 2 is 2.00 bits per heavy atom. The fraction of sp³-hybridized carbons (Fsp3) is 0.500. The summed E-state index contributed by atoms with van der Waals surface area (Å²) in [5.41, 5.74) is 1.23. The van der Waals surface area contributed by atoms with Crippen LogP contribution in [-0.2, 0) is 16.1 Å². The Morgan fingerprint density at radius 1 is 1.29 bits per heavy atom. The molecule has 1 N–H and O–H groups in total. The van der Waals surface area contributed by atoms with Gasteiger partial charge < -0.3 is 10.1 Å². The van der Waals surface area contributed by atoms with Gasteiger partial charge in [-0.2, -0.15) is 0 Å². The SMILES string of the molecule is CC(C)OCC(=O)CCNCc1ccccc1. The second-order valence-corrected chi connectivity index (χ2v) is 4.31. The Balaban J connectivity index is 2.06. The number of rotatable bonds is 8. The van der Waals surface area contributed by atoms with Crippen LogP contribution in [0.25, 0.3) is 0 Å². The monoisotopic (exact) mass is 235 g/mol. The third-order valence-corrected chi connectivity index (χ3v) is 2.33. The van der Waals surface area contributed by atoms with Crippen LogP contribution in [0.2, 0.25) is 0 Å². The van der Waals surface area contributed by atoms with Crippen molar-refractivity contribution in [3.63, 3.8) is 0 Å². The smallest absolute Gasteiger partial charge is 0.159 e. The van der Waals surface area contributed by atoms with Crippen LogP contribution < -0.4 is 5.32 Å². The highest BCUT2D eigenvalue weighted by atomic mass is 16.5. The fourth-order valence-corrected chi connectivity index (χ4v) is 1.39. The summed E-state index contributed by atoms with van der Waals surface area (Å²) in [5.74, 6) is 0.152. The molecule has 0 saturated carbocycles. The zero-order chi connectivity index (χ0) is 12.5. The van der Waals surface area contributed by atoms with Gasteiger partial charge in [0.1, 0.15) is 6.61 Å². The molecule has 0 saturated heterocycles. The minimum atomic E-state index is 0.122. The van der Waals surface area contributed by atoms with Crippen LogP contribution in [0.3, 0.4) is 0 Å². The van der Waals surface area contributed by atoms with Crippen molar-refractivity contribution < 1.29 is 9.53 Å². The fourth-order valence-electron chi connectivity index (χ4n) is 1.39. The summed E-state index contributed by atoms with van der Waals surface area (Å²) in [6, 6.07) is 10.2.